The number of hydrogen-bond acceptors (Lipinski definition) is 3. The van der Waals surface area contributed by atoms with E-state index in [-0.39, 0.29) is 18.2 Å². The van der Waals surface area contributed by atoms with Crippen molar-refractivity contribution in [3.8, 4) is 5.75 Å². The van der Waals surface area contributed by atoms with Crippen molar-refractivity contribution in [1.82, 2.24) is 0 Å². The summed E-state index contributed by atoms with van der Waals surface area (Å²) in [5, 5.41) is 0. The SMILES string of the molecule is CC(=O)c1cc(C)ccc1OC(=O)Cc1ccc(C)cc1. The molecular formula is C18H18O3. The number of Topliss-reactive ketones (excluding diaryl/α,β-unsaturated/α-hetero) is 1. The third-order valence-electron chi connectivity index (χ3n) is 3.21. The minimum absolute atomic E-state index is 0.114. The summed E-state index contributed by atoms with van der Waals surface area (Å²) >= 11 is 0. The van der Waals surface area contributed by atoms with Crippen LogP contribution in [0.15, 0.2) is 42.5 Å². The zero-order valence-electron chi connectivity index (χ0n) is 12.5. The van der Waals surface area contributed by atoms with Crippen LogP contribution in [-0.4, -0.2) is 11.8 Å². The minimum Gasteiger partial charge on any atom is -0.426 e. The van der Waals surface area contributed by atoms with Crippen LogP contribution in [0.3, 0.4) is 0 Å². The van der Waals surface area contributed by atoms with Gasteiger partial charge in [-0.2, -0.15) is 0 Å². The maximum atomic E-state index is 12.0. The van der Waals surface area contributed by atoms with E-state index in [1.54, 1.807) is 12.1 Å². The summed E-state index contributed by atoms with van der Waals surface area (Å²) in [6.45, 7) is 5.35. The van der Waals surface area contributed by atoms with Crippen molar-refractivity contribution in [1.29, 1.82) is 0 Å². The van der Waals surface area contributed by atoms with E-state index in [1.807, 2.05) is 44.2 Å². The Labute approximate surface area is 124 Å². The van der Waals surface area contributed by atoms with Crippen molar-refractivity contribution >= 4 is 11.8 Å². The number of ether oxygens (including phenoxy) is 1. The first-order chi connectivity index (χ1) is 9.95. The molecule has 2 aromatic rings. The van der Waals surface area contributed by atoms with Crippen molar-refractivity contribution in [3.63, 3.8) is 0 Å². The molecule has 0 fully saturated rings. The molecule has 108 valence electrons. The first kappa shape index (κ1) is 15.0. The fourth-order valence-electron chi connectivity index (χ4n) is 2.04. The van der Waals surface area contributed by atoms with Gasteiger partial charge in [-0.3, -0.25) is 9.59 Å². The first-order valence-electron chi connectivity index (χ1n) is 6.83. The molecule has 0 aliphatic rings. The Morgan fingerprint density at radius 1 is 0.952 bits per heavy atom. The summed E-state index contributed by atoms with van der Waals surface area (Å²) in [6.07, 6.45) is 0.186. The van der Waals surface area contributed by atoms with E-state index < -0.39 is 0 Å². The van der Waals surface area contributed by atoms with Crippen LogP contribution in [-0.2, 0) is 11.2 Å². The second-order valence-electron chi connectivity index (χ2n) is 5.19. The maximum Gasteiger partial charge on any atom is 0.315 e. The zero-order chi connectivity index (χ0) is 15.4. The highest BCUT2D eigenvalue weighted by Gasteiger charge is 2.13. The number of carbonyl (C=O) groups is 2. The van der Waals surface area contributed by atoms with Gasteiger partial charge in [-0.05, 0) is 38.5 Å². The highest BCUT2D eigenvalue weighted by atomic mass is 16.5. The first-order valence-corrected chi connectivity index (χ1v) is 6.83. The summed E-state index contributed by atoms with van der Waals surface area (Å²) in [5.41, 5.74) is 3.43. The van der Waals surface area contributed by atoms with E-state index in [0.717, 1.165) is 16.7 Å². The summed E-state index contributed by atoms with van der Waals surface area (Å²) in [7, 11) is 0. The van der Waals surface area contributed by atoms with E-state index in [1.165, 1.54) is 6.92 Å². The van der Waals surface area contributed by atoms with Crippen LogP contribution in [0.5, 0.6) is 5.75 Å². The van der Waals surface area contributed by atoms with Crippen molar-refractivity contribution in [2.45, 2.75) is 27.2 Å². The predicted octanol–water partition coefficient (Wildman–Crippen LogP) is 3.65. The average molecular weight is 282 g/mol. The van der Waals surface area contributed by atoms with Crippen molar-refractivity contribution < 1.29 is 14.3 Å². The van der Waals surface area contributed by atoms with E-state index in [9.17, 15) is 9.59 Å². The molecule has 21 heavy (non-hydrogen) atoms. The van der Waals surface area contributed by atoms with Crippen LogP contribution in [0, 0.1) is 13.8 Å². The Kier molecular flexibility index (Phi) is 4.53. The third kappa shape index (κ3) is 4.02. The molecule has 0 saturated carbocycles. The Morgan fingerprint density at radius 3 is 2.19 bits per heavy atom. The highest BCUT2D eigenvalue weighted by molar-refractivity contribution is 5.97. The summed E-state index contributed by atoms with van der Waals surface area (Å²) in [6, 6.07) is 12.9. The molecule has 0 aromatic heterocycles. The lowest BCUT2D eigenvalue weighted by atomic mass is 10.1. The monoisotopic (exact) mass is 282 g/mol. The largest absolute Gasteiger partial charge is 0.426 e. The molecule has 0 N–H and O–H groups in total. The van der Waals surface area contributed by atoms with Crippen LogP contribution >= 0.6 is 0 Å². The van der Waals surface area contributed by atoms with Crippen molar-refractivity contribution in [3.05, 3.63) is 64.7 Å². The fraction of sp³-hybridized carbons (Fsp3) is 0.222. The van der Waals surface area contributed by atoms with Gasteiger partial charge in [0.1, 0.15) is 5.75 Å². The number of aryl methyl sites for hydroxylation is 2. The lowest BCUT2D eigenvalue weighted by Crippen LogP contribution is -2.13. The molecular weight excluding hydrogens is 264 g/mol. The molecule has 2 aromatic carbocycles. The van der Waals surface area contributed by atoms with Gasteiger partial charge in [-0.25, -0.2) is 0 Å². The van der Waals surface area contributed by atoms with Crippen molar-refractivity contribution in [2.75, 3.05) is 0 Å². The zero-order valence-corrected chi connectivity index (χ0v) is 12.5. The number of hydrogen-bond donors (Lipinski definition) is 0. The number of ketones is 1. The standard InChI is InChI=1S/C18H18O3/c1-12-4-7-15(8-5-12)11-18(20)21-17-9-6-13(2)10-16(17)14(3)19/h4-10H,11H2,1-3H3. The van der Waals surface area contributed by atoms with Gasteiger partial charge >= 0.3 is 5.97 Å². The second kappa shape index (κ2) is 6.35. The average Bonchev–Trinajstić information content (AvgIpc) is 2.43. The number of rotatable bonds is 4. The van der Waals surface area contributed by atoms with E-state index in [4.69, 9.17) is 4.74 Å². The van der Waals surface area contributed by atoms with Crippen LogP contribution in [0.1, 0.15) is 34.0 Å². The molecule has 0 aliphatic heterocycles. The van der Waals surface area contributed by atoms with Gasteiger partial charge in [-0.1, -0.05) is 41.5 Å². The molecule has 0 unspecified atom stereocenters. The van der Waals surface area contributed by atoms with Gasteiger partial charge in [0.2, 0.25) is 0 Å². The Morgan fingerprint density at radius 2 is 1.57 bits per heavy atom. The van der Waals surface area contributed by atoms with Gasteiger partial charge in [-0.15, -0.1) is 0 Å². The third-order valence-corrected chi connectivity index (χ3v) is 3.21. The predicted molar refractivity (Wildman–Crippen MR) is 81.7 cm³/mol. The van der Waals surface area contributed by atoms with Crippen molar-refractivity contribution in [2.24, 2.45) is 0 Å². The topological polar surface area (TPSA) is 43.4 Å². The van der Waals surface area contributed by atoms with Gasteiger partial charge in [0, 0.05) is 0 Å². The van der Waals surface area contributed by atoms with Gasteiger partial charge in [0.15, 0.2) is 5.78 Å². The molecule has 3 nitrogen and oxygen atoms in total. The summed E-state index contributed by atoms with van der Waals surface area (Å²) in [4.78, 5) is 23.6. The number of carbonyl (C=O) groups excluding carboxylic acids is 2. The van der Waals surface area contributed by atoms with Crippen LogP contribution in [0.25, 0.3) is 0 Å². The minimum atomic E-state index is -0.370. The van der Waals surface area contributed by atoms with Gasteiger partial charge in [0.25, 0.3) is 0 Å². The number of benzene rings is 2. The maximum absolute atomic E-state index is 12.0. The molecule has 0 bridgehead atoms. The quantitative estimate of drug-likeness (QED) is 0.488. The normalized spacial score (nSPS) is 10.2. The van der Waals surface area contributed by atoms with E-state index in [0.29, 0.717) is 11.3 Å². The molecule has 0 spiro atoms. The molecule has 0 radical (unpaired) electrons. The molecule has 0 saturated heterocycles. The smallest absolute Gasteiger partial charge is 0.315 e. The summed E-state index contributed by atoms with van der Waals surface area (Å²) in [5.74, 6) is -0.160. The molecule has 3 heteroatoms. The lowest BCUT2D eigenvalue weighted by Gasteiger charge is -2.09. The van der Waals surface area contributed by atoms with Crippen LogP contribution < -0.4 is 4.74 Å². The van der Waals surface area contributed by atoms with Crippen LogP contribution in [0.4, 0.5) is 0 Å². The van der Waals surface area contributed by atoms with Gasteiger partial charge in [0.05, 0.1) is 12.0 Å². The highest BCUT2D eigenvalue weighted by Crippen LogP contribution is 2.21. The molecule has 2 rings (SSSR count). The summed E-state index contributed by atoms with van der Waals surface area (Å²) < 4.78 is 5.34. The molecule has 0 heterocycles. The van der Waals surface area contributed by atoms with E-state index >= 15 is 0 Å². The molecule has 0 atom stereocenters. The van der Waals surface area contributed by atoms with Crippen LogP contribution in [0.2, 0.25) is 0 Å². The Bertz CT molecular complexity index is 669. The molecule has 0 aliphatic carbocycles. The number of esters is 1. The lowest BCUT2D eigenvalue weighted by molar-refractivity contribution is -0.133. The Balaban J connectivity index is 2.12. The molecule has 0 amide bonds. The second-order valence-corrected chi connectivity index (χ2v) is 5.19. The van der Waals surface area contributed by atoms with E-state index in [2.05, 4.69) is 0 Å². The Hall–Kier alpha value is -2.42. The van der Waals surface area contributed by atoms with Gasteiger partial charge < -0.3 is 4.74 Å². The fourth-order valence-corrected chi connectivity index (χ4v) is 2.04.